The van der Waals surface area contributed by atoms with Crippen molar-refractivity contribution < 1.29 is 31.8 Å². The summed E-state index contributed by atoms with van der Waals surface area (Å²) in [5.74, 6) is -3.64. The standard InChI is InChI=1S/C14H9BrF5NO2/c15-8-5-9(16)11(17)10(13(8)22)12(21)6-1-3-7(4-2-6)23-14(18,19)20/h1-5,12,22H,21H2/t12-/m1/s1. The van der Waals surface area contributed by atoms with Gasteiger partial charge in [0.05, 0.1) is 16.1 Å². The lowest BCUT2D eigenvalue weighted by molar-refractivity contribution is -0.274. The zero-order valence-electron chi connectivity index (χ0n) is 11.2. The summed E-state index contributed by atoms with van der Waals surface area (Å²) in [7, 11) is 0. The molecular formula is C14H9BrF5NO2. The molecule has 0 amide bonds. The first kappa shape index (κ1) is 17.5. The van der Waals surface area contributed by atoms with E-state index in [1.807, 2.05) is 0 Å². The Bertz CT molecular complexity index is 692. The Morgan fingerprint density at radius 2 is 1.70 bits per heavy atom. The molecule has 9 heteroatoms. The van der Waals surface area contributed by atoms with Crippen molar-refractivity contribution in [1.82, 2.24) is 0 Å². The molecule has 2 aromatic carbocycles. The molecule has 0 aliphatic carbocycles. The average molecular weight is 398 g/mol. The second-order valence-corrected chi connectivity index (χ2v) is 5.37. The highest BCUT2D eigenvalue weighted by atomic mass is 79.9. The molecule has 0 fully saturated rings. The van der Waals surface area contributed by atoms with Crippen LogP contribution in [0.5, 0.6) is 11.5 Å². The molecule has 124 valence electrons. The van der Waals surface area contributed by atoms with E-state index >= 15 is 0 Å². The van der Waals surface area contributed by atoms with Gasteiger partial charge in [-0.15, -0.1) is 13.2 Å². The van der Waals surface area contributed by atoms with E-state index in [4.69, 9.17) is 5.73 Å². The summed E-state index contributed by atoms with van der Waals surface area (Å²) >= 11 is 2.86. The number of aromatic hydroxyl groups is 1. The number of halogens is 6. The Kier molecular flexibility index (Phi) is 4.81. The second-order valence-electron chi connectivity index (χ2n) is 4.51. The highest BCUT2D eigenvalue weighted by molar-refractivity contribution is 9.10. The lowest BCUT2D eigenvalue weighted by Crippen LogP contribution is -2.18. The molecule has 2 aromatic rings. The van der Waals surface area contributed by atoms with E-state index in [1.165, 1.54) is 0 Å². The molecule has 0 aliphatic rings. The van der Waals surface area contributed by atoms with Gasteiger partial charge in [0.2, 0.25) is 0 Å². The SMILES string of the molecule is N[C@H](c1ccc(OC(F)(F)F)cc1)c1c(O)c(Br)cc(F)c1F. The van der Waals surface area contributed by atoms with Crippen LogP contribution in [0, 0.1) is 11.6 Å². The van der Waals surface area contributed by atoms with E-state index in [0.717, 1.165) is 30.3 Å². The van der Waals surface area contributed by atoms with Gasteiger partial charge in [0.1, 0.15) is 11.5 Å². The Labute approximate surface area is 135 Å². The quantitative estimate of drug-likeness (QED) is 0.596. The van der Waals surface area contributed by atoms with Crippen molar-refractivity contribution >= 4 is 15.9 Å². The van der Waals surface area contributed by atoms with Crippen LogP contribution < -0.4 is 10.5 Å². The Balaban J connectivity index is 2.37. The average Bonchev–Trinajstić information content (AvgIpc) is 2.44. The molecule has 2 rings (SSSR count). The summed E-state index contributed by atoms with van der Waals surface area (Å²) in [5.41, 5.74) is 5.43. The largest absolute Gasteiger partial charge is 0.573 e. The molecule has 0 aliphatic heterocycles. The summed E-state index contributed by atoms with van der Waals surface area (Å²) in [6.07, 6.45) is -4.85. The van der Waals surface area contributed by atoms with Crippen molar-refractivity contribution in [2.45, 2.75) is 12.4 Å². The van der Waals surface area contributed by atoms with Crippen LogP contribution in [0.2, 0.25) is 0 Å². The number of nitrogens with two attached hydrogens (primary N) is 1. The number of phenolic OH excluding ortho intramolecular Hbond substituents is 1. The number of alkyl halides is 3. The Morgan fingerprint density at radius 3 is 2.22 bits per heavy atom. The van der Waals surface area contributed by atoms with E-state index in [-0.39, 0.29) is 10.0 Å². The fourth-order valence-electron chi connectivity index (χ4n) is 1.93. The zero-order valence-corrected chi connectivity index (χ0v) is 12.8. The Hall–Kier alpha value is -1.87. The smallest absolute Gasteiger partial charge is 0.506 e. The second kappa shape index (κ2) is 6.32. The molecule has 3 N–H and O–H groups in total. The van der Waals surface area contributed by atoms with Crippen LogP contribution in [0.4, 0.5) is 22.0 Å². The normalized spacial score (nSPS) is 13.0. The van der Waals surface area contributed by atoms with Gasteiger partial charge in [-0.1, -0.05) is 12.1 Å². The minimum atomic E-state index is -4.85. The van der Waals surface area contributed by atoms with E-state index in [9.17, 15) is 27.1 Å². The monoisotopic (exact) mass is 397 g/mol. The Morgan fingerprint density at radius 1 is 1.13 bits per heavy atom. The number of benzene rings is 2. The van der Waals surface area contributed by atoms with Crippen molar-refractivity contribution in [3.05, 3.63) is 57.6 Å². The third-order valence-electron chi connectivity index (χ3n) is 2.96. The molecular weight excluding hydrogens is 389 g/mol. The van der Waals surface area contributed by atoms with E-state index in [1.54, 1.807) is 0 Å². The molecule has 0 bridgehead atoms. The predicted molar refractivity (Wildman–Crippen MR) is 74.9 cm³/mol. The van der Waals surface area contributed by atoms with E-state index in [2.05, 4.69) is 20.7 Å². The molecule has 0 saturated heterocycles. The van der Waals surface area contributed by atoms with Gasteiger partial charge in [0, 0.05) is 0 Å². The zero-order chi connectivity index (χ0) is 17.4. The highest BCUT2D eigenvalue weighted by Crippen LogP contribution is 2.37. The molecule has 0 heterocycles. The predicted octanol–water partition coefficient (Wildman–Crippen LogP) is 4.38. The van der Waals surface area contributed by atoms with Gasteiger partial charge in [0.25, 0.3) is 0 Å². The maximum atomic E-state index is 13.9. The van der Waals surface area contributed by atoms with Crippen molar-refractivity contribution in [2.24, 2.45) is 5.73 Å². The first-order valence-electron chi connectivity index (χ1n) is 6.08. The summed E-state index contributed by atoms with van der Waals surface area (Å²) in [4.78, 5) is 0. The number of rotatable bonds is 3. The molecule has 1 atom stereocenters. The van der Waals surface area contributed by atoms with Gasteiger partial charge < -0.3 is 15.6 Å². The summed E-state index contributed by atoms with van der Waals surface area (Å²) in [6.45, 7) is 0. The number of ether oxygens (including phenoxy) is 1. The lowest BCUT2D eigenvalue weighted by atomic mass is 9.98. The molecule has 0 radical (unpaired) electrons. The van der Waals surface area contributed by atoms with Crippen LogP contribution in [-0.4, -0.2) is 11.5 Å². The first-order chi connectivity index (χ1) is 10.6. The van der Waals surface area contributed by atoms with Crippen molar-refractivity contribution in [3.8, 4) is 11.5 Å². The van der Waals surface area contributed by atoms with E-state index in [0.29, 0.717) is 0 Å². The van der Waals surface area contributed by atoms with Crippen molar-refractivity contribution in [2.75, 3.05) is 0 Å². The van der Waals surface area contributed by atoms with Crippen LogP contribution in [0.15, 0.2) is 34.8 Å². The lowest BCUT2D eigenvalue weighted by Gasteiger charge is -2.17. The van der Waals surface area contributed by atoms with Crippen molar-refractivity contribution in [1.29, 1.82) is 0 Å². The molecule has 0 saturated carbocycles. The molecule has 0 spiro atoms. The van der Waals surface area contributed by atoms with Gasteiger partial charge in [-0.05, 0) is 39.7 Å². The summed E-state index contributed by atoms with van der Waals surface area (Å²) < 4.78 is 67.1. The third kappa shape index (κ3) is 3.91. The molecule has 3 nitrogen and oxygen atoms in total. The number of phenols is 1. The fraction of sp³-hybridized carbons (Fsp3) is 0.143. The van der Waals surface area contributed by atoms with Crippen LogP contribution in [0.1, 0.15) is 17.2 Å². The number of hydrogen-bond acceptors (Lipinski definition) is 3. The van der Waals surface area contributed by atoms with Crippen LogP contribution in [0.3, 0.4) is 0 Å². The first-order valence-corrected chi connectivity index (χ1v) is 6.87. The number of hydrogen-bond donors (Lipinski definition) is 2. The molecule has 0 aromatic heterocycles. The van der Waals surface area contributed by atoms with Gasteiger partial charge >= 0.3 is 6.36 Å². The summed E-state index contributed by atoms with van der Waals surface area (Å²) in [5, 5.41) is 9.84. The van der Waals surface area contributed by atoms with Crippen LogP contribution in [-0.2, 0) is 0 Å². The van der Waals surface area contributed by atoms with Gasteiger partial charge in [-0.2, -0.15) is 0 Å². The van der Waals surface area contributed by atoms with Crippen LogP contribution >= 0.6 is 15.9 Å². The maximum absolute atomic E-state index is 13.9. The van der Waals surface area contributed by atoms with Crippen LogP contribution in [0.25, 0.3) is 0 Å². The van der Waals surface area contributed by atoms with Crippen molar-refractivity contribution in [3.63, 3.8) is 0 Å². The minimum absolute atomic E-state index is 0.0983. The topological polar surface area (TPSA) is 55.5 Å². The van der Waals surface area contributed by atoms with Gasteiger partial charge in [-0.3, -0.25) is 0 Å². The molecule has 23 heavy (non-hydrogen) atoms. The summed E-state index contributed by atoms with van der Waals surface area (Å²) in [6, 6.07) is 3.72. The highest BCUT2D eigenvalue weighted by Gasteiger charge is 2.31. The van der Waals surface area contributed by atoms with E-state index < -0.39 is 41.1 Å². The van der Waals surface area contributed by atoms with Gasteiger partial charge in [0.15, 0.2) is 11.6 Å². The fourth-order valence-corrected chi connectivity index (χ4v) is 2.35. The molecule has 0 unspecified atom stereocenters. The maximum Gasteiger partial charge on any atom is 0.573 e. The van der Waals surface area contributed by atoms with Gasteiger partial charge in [-0.25, -0.2) is 8.78 Å². The third-order valence-corrected chi connectivity index (χ3v) is 3.57. The minimum Gasteiger partial charge on any atom is -0.506 e.